The summed E-state index contributed by atoms with van der Waals surface area (Å²) in [5.41, 5.74) is 7.49. The van der Waals surface area contributed by atoms with Crippen molar-refractivity contribution in [2.24, 2.45) is 4.99 Å². The number of halogens is 1. The third kappa shape index (κ3) is 1.67. The largest absolute Gasteiger partial charge is 0.399 e. The highest BCUT2D eigenvalue weighted by Crippen LogP contribution is 2.20. The smallest absolute Gasteiger partial charge is 0.129 e. The summed E-state index contributed by atoms with van der Waals surface area (Å²) in [4.78, 5) is 4.33. The average Bonchev–Trinajstić information content (AvgIpc) is 2.61. The fourth-order valence-electron chi connectivity index (χ4n) is 1.30. The summed E-state index contributed by atoms with van der Waals surface area (Å²) >= 11 is 3.46. The highest BCUT2D eigenvalue weighted by molar-refractivity contribution is 9.10. The number of nitrogens with two attached hydrogens (primary N) is 1. The summed E-state index contributed by atoms with van der Waals surface area (Å²) in [6.45, 7) is 1.76. The molecule has 1 aliphatic rings. The van der Waals surface area contributed by atoms with E-state index in [1.807, 2.05) is 18.2 Å². The molecular formula is C9H10BrN3. The SMILES string of the molecule is Nc1ccc(Br)c(C2=NCCN2)c1. The Hall–Kier alpha value is -1.03. The van der Waals surface area contributed by atoms with Gasteiger partial charge in [0, 0.05) is 22.3 Å². The minimum Gasteiger partial charge on any atom is -0.399 e. The number of benzene rings is 1. The van der Waals surface area contributed by atoms with E-state index < -0.39 is 0 Å². The van der Waals surface area contributed by atoms with Gasteiger partial charge in [0.15, 0.2) is 0 Å². The standard InChI is InChI=1S/C9H10BrN3/c10-8-2-1-6(11)5-7(8)9-12-3-4-13-9/h1-2,5H,3-4,11H2,(H,12,13). The zero-order valence-corrected chi connectivity index (χ0v) is 8.63. The summed E-state index contributed by atoms with van der Waals surface area (Å²) in [7, 11) is 0. The van der Waals surface area contributed by atoms with Gasteiger partial charge in [-0.3, -0.25) is 4.99 Å². The third-order valence-electron chi connectivity index (χ3n) is 1.92. The van der Waals surface area contributed by atoms with E-state index in [-0.39, 0.29) is 0 Å². The van der Waals surface area contributed by atoms with Crippen LogP contribution < -0.4 is 11.1 Å². The van der Waals surface area contributed by atoms with Crippen LogP contribution in [0.15, 0.2) is 27.7 Å². The monoisotopic (exact) mass is 239 g/mol. The molecule has 0 atom stereocenters. The number of hydrogen-bond acceptors (Lipinski definition) is 3. The summed E-state index contributed by atoms with van der Waals surface area (Å²) in [5.74, 6) is 0.930. The molecule has 0 saturated heterocycles. The van der Waals surface area contributed by atoms with E-state index in [1.54, 1.807) is 0 Å². The molecule has 0 saturated carbocycles. The van der Waals surface area contributed by atoms with Crippen LogP contribution in [0.2, 0.25) is 0 Å². The first-order chi connectivity index (χ1) is 6.27. The van der Waals surface area contributed by atoms with Gasteiger partial charge < -0.3 is 11.1 Å². The second-order valence-corrected chi connectivity index (χ2v) is 3.75. The van der Waals surface area contributed by atoms with Crippen molar-refractivity contribution in [3.63, 3.8) is 0 Å². The molecule has 1 heterocycles. The Labute approximate surface area is 85.2 Å². The molecule has 0 fully saturated rings. The number of aliphatic imine (C=N–C) groups is 1. The molecule has 0 radical (unpaired) electrons. The Kier molecular flexibility index (Phi) is 2.22. The Morgan fingerprint density at radius 3 is 3.00 bits per heavy atom. The molecule has 4 heteroatoms. The van der Waals surface area contributed by atoms with E-state index in [0.29, 0.717) is 0 Å². The van der Waals surface area contributed by atoms with Crippen LogP contribution in [0.1, 0.15) is 5.56 Å². The van der Waals surface area contributed by atoms with Crippen molar-refractivity contribution in [3.8, 4) is 0 Å². The molecule has 3 nitrogen and oxygen atoms in total. The Balaban J connectivity index is 2.43. The van der Waals surface area contributed by atoms with Crippen LogP contribution in [0.25, 0.3) is 0 Å². The van der Waals surface area contributed by atoms with Crippen molar-refractivity contribution >= 4 is 27.5 Å². The van der Waals surface area contributed by atoms with Crippen molar-refractivity contribution in [1.29, 1.82) is 0 Å². The normalized spacial score (nSPS) is 15.3. The minimum atomic E-state index is 0.759. The second-order valence-electron chi connectivity index (χ2n) is 2.90. The molecule has 0 amide bonds. The molecule has 68 valence electrons. The van der Waals surface area contributed by atoms with Gasteiger partial charge in [-0.2, -0.15) is 0 Å². The molecule has 0 unspecified atom stereocenters. The number of nitrogen functional groups attached to an aromatic ring is 1. The van der Waals surface area contributed by atoms with Crippen LogP contribution in [0, 0.1) is 0 Å². The average molecular weight is 240 g/mol. The lowest BCUT2D eigenvalue weighted by molar-refractivity contribution is 0.960. The van der Waals surface area contributed by atoms with E-state index in [4.69, 9.17) is 5.73 Å². The molecule has 0 bridgehead atoms. The Morgan fingerprint density at radius 1 is 1.46 bits per heavy atom. The third-order valence-corrected chi connectivity index (χ3v) is 2.61. The summed E-state index contributed by atoms with van der Waals surface area (Å²) in [6.07, 6.45) is 0. The van der Waals surface area contributed by atoms with Gasteiger partial charge in [-0.25, -0.2) is 0 Å². The zero-order chi connectivity index (χ0) is 9.26. The summed E-state index contributed by atoms with van der Waals surface area (Å²) in [6, 6.07) is 5.72. The number of nitrogens with one attached hydrogen (secondary N) is 1. The Morgan fingerprint density at radius 2 is 2.31 bits per heavy atom. The lowest BCUT2D eigenvalue weighted by Gasteiger charge is -2.05. The molecule has 2 rings (SSSR count). The number of rotatable bonds is 1. The summed E-state index contributed by atoms with van der Waals surface area (Å²) in [5, 5.41) is 3.21. The number of anilines is 1. The topological polar surface area (TPSA) is 50.4 Å². The van der Waals surface area contributed by atoms with Crippen LogP contribution in [-0.2, 0) is 0 Å². The Bertz CT molecular complexity index is 360. The van der Waals surface area contributed by atoms with Crippen LogP contribution in [0.3, 0.4) is 0 Å². The van der Waals surface area contributed by atoms with Gasteiger partial charge in [0.25, 0.3) is 0 Å². The van der Waals surface area contributed by atoms with E-state index in [0.717, 1.165) is 34.6 Å². The summed E-state index contributed by atoms with van der Waals surface area (Å²) < 4.78 is 1.02. The van der Waals surface area contributed by atoms with Gasteiger partial charge in [0.1, 0.15) is 5.84 Å². The maximum Gasteiger partial charge on any atom is 0.129 e. The van der Waals surface area contributed by atoms with Gasteiger partial charge in [0.2, 0.25) is 0 Å². The first kappa shape index (κ1) is 8.56. The highest BCUT2D eigenvalue weighted by atomic mass is 79.9. The zero-order valence-electron chi connectivity index (χ0n) is 7.05. The van der Waals surface area contributed by atoms with Gasteiger partial charge in [-0.15, -0.1) is 0 Å². The first-order valence-corrected chi connectivity index (χ1v) is 4.90. The van der Waals surface area contributed by atoms with E-state index in [2.05, 4.69) is 26.2 Å². The predicted molar refractivity (Wildman–Crippen MR) is 58.0 cm³/mol. The molecule has 1 aromatic carbocycles. The maximum absolute atomic E-state index is 5.69. The molecule has 1 aliphatic heterocycles. The molecule has 3 N–H and O–H groups in total. The fourth-order valence-corrected chi connectivity index (χ4v) is 1.74. The molecule has 0 spiro atoms. The molecular weight excluding hydrogens is 230 g/mol. The minimum absolute atomic E-state index is 0.759. The first-order valence-electron chi connectivity index (χ1n) is 4.11. The van der Waals surface area contributed by atoms with Crippen molar-refractivity contribution in [3.05, 3.63) is 28.2 Å². The van der Waals surface area contributed by atoms with Gasteiger partial charge in [-0.05, 0) is 18.2 Å². The molecule has 13 heavy (non-hydrogen) atoms. The van der Waals surface area contributed by atoms with E-state index in [9.17, 15) is 0 Å². The van der Waals surface area contributed by atoms with E-state index in [1.165, 1.54) is 0 Å². The molecule has 0 aliphatic carbocycles. The van der Waals surface area contributed by atoms with Gasteiger partial charge in [0.05, 0.1) is 6.54 Å². The van der Waals surface area contributed by atoms with Crippen molar-refractivity contribution in [2.75, 3.05) is 18.8 Å². The van der Waals surface area contributed by atoms with Crippen molar-refractivity contribution in [2.45, 2.75) is 0 Å². The lowest BCUT2D eigenvalue weighted by Crippen LogP contribution is -2.20. The fraction of sp³-hybridized carbons (Fsp3) is 0.222. The number of amidine groups is 1. The van der Waals surface area contributed by atoms with Crippen LogP contribution in [0.4, 0.5) is 5.69 Å². The maximum atomic E-state index is 5.69. The van der Waals surface area contributed by atoms with E-state index >= 15 is 0 Å². The van der Waals surface area contributed by atoms with Crippen LogP contribution in [0.5, 0.6) is 0 Å². The van der Waals surface area contributed by atoms with Gasteiger partial charge in [-0.1, -0.05) is 15.9 Å². The molecule has 1 aromatic rings. The van der Waals surface area contributed by atoms with Crippen molar-refractivity contribution in [1.82, 2.24) is 5.32 Å². The quantitative estimate of drug-likeness (QED) is 0.728. The predicted octanol–water partition coefficient (Wildman–Crippen LogP) is 1.38. The lowest BCUT2D eigenvalue weighted by atomic mass is 10.2. The van der Waals surface area contributed by atoms with Gasteiger partial charge >= 0.3 is 0 Å². The highest BCUT2D eigenvalue weighted by Gasteiger charge is 2.10. The number of nitrogens with zero attached hydrogens (tertiary/aromatic N) is 1. The van der Waals surface area contributed by atoms with Crippen molar-refractivity contribution < 1.29 is 0 Å². The van der Waals surface area contributed by atoms with Crippen LogP contribution in [-0.4, -0.2) is 18.9 Å². The number of hydrogen-bond donors (Lipinski definition) is 2. The van der Waals surface area contributed by atoms with Crippen LogP contribution >= 0.6 is 15.9 Å². The second kappa shape index (κ2) is 3.38. The molecule has 0 aromatic heterocycles.